The van der Waals surface area contributed by atoms with Gasteiger partial charge in [0, 0.05) is 6.42 Å². The van der Waals surface area contributed by atoms with E-state index in [0.29, 0.717) is 11.5 Å². The highest BCUT2D eigenvalue weighted by atomic mass is 16.6. The summed E-state index contributed by atoms with van der Waals surface area (Å²) in [5, 5.41) is 10.5. The van der Waals surface area contributed by atoms with Crippen molar-refractivity contribution in [3.63, 3.8) is 0 Å². The lowest BCUT2D eigenvalue weighted by Crippen LogP contribution is -2.35. The number of hydrogen-bond acceptors (Lipinski definition) is 10. The second kappa shape index (κ2) is 15.7. The molecule has 2 aliphatic rings. The van der Waals surface area contributed by atoms with Crippen LogP contribution in [0.15, 0.2) is 90.0 Å². The van der Waals surface area contributed by atoms with Crippen molar-refractivity contribution in [2.45, 2.75) is 25.0 Å². The molecule has 2 aromatic carbocycles. The number of carbonyl (C=O) groups excluding carboxylic acids is 6. The topological polar surface area (TPSA) is 175 Å². The van der Waals surface area contributed by atoms with E-state index in [0.717, 1.165) is 6.08 Å². The quantitative estimate of drug-likeness (QED) is 0.450. The number of nitrogens with one attached hydrogen (secondary N) is 1. The number of aliphatic imine (C=N–C) groups is 1. The van der Waals surface area contributed by atoms with Gasteiger partial charge in [0.1, 0.15) is 17.6 Å². The van der Waals surface area contributed by atoms with Crippen molar-refractivity contribution in [2.24, 2.45) is 4.99 Å². The third-order valence-electron chi connectivity index (χ3n) is 4.32. The molecular formula is C26H22N2O10. The average Bonchev–Trinajstić information content (AvgIpc) is 3.47. The molecule has 0 bridgehead atoms. The van der Waals surface area contributed by atoms with E-state index in [4.69, 9.17) is 14.6 Å². The highest BCUT2D eigenvalue weighted by Gasteiger charge is 2.21. The van der Waals surface area contributed by atoms with Gasteiger partial charge in [-0.2, -0.15) is 0 Å². The Bertz CT molecular complexity index is 1240. The lowest BCUT2D eigenvalue weighted by molar-refractivity contribution is -0.115. The van der Waals surface area contributed by atoms with Gasteiger partial charge in [0.15, 0.2) is 11.6 Å². The molecule has 2 aliphatic carbocycles. The molecule has 2 unspecified atom stereocenters. The number of ether oxygens (including phenoxy) is 3. The Labute approximate surface area is 216 Å². The normalized spacial score (nSPS) is 16.6. The second-order valence-corrected chi connectivity index (χ2v) is 7.28. The molecule has 2 aromatic rings. The Morgan fingerprint density at radius 2 is 1.37 bits per heavy atom. The number of ketones is 2. The van der Waals surface area contributed by atoms with Crippen molar-refractivity contribution in [1.82, 2.24) is 5.32 Å². The molecule has 2 N–H and O–H groups in total. The number of carbonyl (C=O) groups is 5. The summed E-state index contributed by atoms with van der Waals surface area (Å²) in [5.41, 5.74) is 0. The van der Waals surface area contributed by atoms with Crippen molar-refractivity contribution in [3.05, 3.63) is 85.0 Å². The third-order valence-corrected chi connectivity index (χ3v) is 4.32. The van der Waals surface area contributed by atoms with Crippen LogP contribution in [0.2, 0.25) is 0 Å². The molecule has 196 valence electrons. The lowest BCUT2D eigenvalue weighted by Gasteiger charge is -2.10. The molecule has 0 aromatic heterocycles. The third kappa shape index (κ3) is 12.0. The van der Waals surface area contributed by atoms with Gasteiger partial charge in [0.25, 0.3) is 0 Å². The first-order chi connectivity index (χ1) is 18.2. The fourth-order valence-corrected chi connectivity index (χ4v) is 2.71. The van der Waals surface area contributed by atoms with Crippen LogP contribution in [0.3, 0.4) is 0 Å². The minimum Gasteiger partial charge on any atom is -0.441 e. The Morgan fingerprint density at radius 3 is 1.82 bits per heavy atom. The minimum atomic E-state index is -0.962. The molecule has 0 fully saturated rings. The molecule has 38 heavy (non-hydrogen) atoms. The Balaban J connectivity index is 0.000000226. The van der Waals surface area contributed by atoms with Crippen molar-refractivity contribution >= 4 is 35.9 Å². The summed E-state index contributed by atoms with van der Waals surface area (Å²) < 4.78 is 14.3. The van der Waals surface area contributed by atoms with E-state index in [1.807, 2.05) is 5.32 Å². The van der Waals surface area contributed by atoms with E-state index in [9.17, 15) is 28.8 Å². The maximum absolute atomic E-state index is 11.3. The van der Waals surface area contributed by atoms with Crippen LogP contribution >= 0.6 is 0 Å². The monoisotopic (exact) mass is 522 g/mol. The zero-order valence-corrected chi connectivity index (χ0v) is 19.7. The zero-order valence-electron chi connectivity index (χ0n) is 19.7. The fourth-order valence-electron chi connectivity index (χ4n) is 2.71. The summed E-state index contributed by atoms with van der Waals surface area (Å²) >= 11 is 0. The maximum atomic E-state index is 11.3. The molecule has 0 radical (unpaired) electrons. The van der Waals surface area contributed by atoms with Gasteiger partial charge in [0.2, 0.25) is 6.08 Å². The van der Waals surface area contributed by atoms with Gasteiger partial charge in [-0.1, -0.05) is 47.5 Å². The van der Waals surface area contributed by atoms with E-state index in [1.165, 1.54) is 24.3 Å². The second-order valence-electron chi connectivity index (χ2n) is 7.28. The number of aliphatic hydroxyl groups excluding tert-OH is 1. The van der Waals surface area contributed by atoms with Crippen LogP contribution in [0.1, 0.15) is 12.8 Å². The first-order valence-corrected chi connectivity index (χ1v) is 10.9. The number of benzene rings is 2. The van der Waals surface area contributed by atoms with E-state index in [-0.39, 0.29) is 24.4 Å². The number of hydrogen-bond donors (Lipinski definition) is 2. The number of rotatable bonds is 3. The van der Waals surface area contributed by atoms with Crippen LogP contribution in [0.4, 0.5) is 14.4 Å². The summed E-state index contributed by atoms with van der Waals surface area (Å²) in [6.07, 6.45) is 3.18. The van der Waals surface area contributed by atoms with Crippen molar-refractivity contribution in [2.75, 3.05) is 0 Å². The first kappa shape index (κ1) is 29.0. The highest BCUT2D eigenvalue weighted by Crippen LogP contribution is 2.11. The largest absolute Gasteiger partial charge is 0.450 e. The molecule has 3 amide bonds. The summed E-state index contributed by atoms with van der Waals surface area (Å²) in [6, 6.07) is 16.6. The standard InChI is InChI=1S/C13H11NO5.C8H5NO3.C5H6O2/c15-9-6-7-11(8-9)19-13(17)14-12(16)18-10-4-2-1-3-5-10;10-6-9-8(11)12-7-4-2-1-3-5-7;6-4-1-2-5(7)3-4/h1-7,11H,8H2,(H,14,16,17);1-5H;1-2,4,6H,3H2. The molecule has 12 heteroatoms. The van der Waals surface area contributed by atoms with Crippen LogP contribution in [0.5, 0.6) is 11.5 Å². The number of amides is 3. The minimum absolute atomic E-state index is 0.0208. The van der Waals surface area contributed by atoms with Crippen LogP contribution in [0.25, 0.3) is 0 Å². The predicted molar refractivity (Wildman–Crippen MR) is 130 cm³/mol. The van der Waals surface area contributed by atoms with Crippen molar-refractivity contribution < 1.29 is 48.1 Å². The Morgan fingerprint density at radius 1 is 0.816 bits per heavy atom. The fraction of sp³-hybridized carbons (Fsp3) is 0.154. The van der Waals surface area contributed by atoms with Crippen LogP contribution in [-0.4, -0.2) is 53.2 Å². The van der Waals surface area contributed by atoms with Crippen LogP contribution in [-0.2, 0) is 19.1 Å². The number of para-hydroxylation sites is 2. The number of nitrogens with zero attached hydrogens (tertiary/aromatic N) is 1. The number of aliphatic hydroxyl groups is 1. The van der Waals surface area contributed by atoms with Crippen LogP contribution < -0.4 is 14.8 Å². The van der Waals surface area contributed by atoms with Crippen LogP contribution in [0, 0.1) is 0 Å². The molecule has 12 nitrogen and oxygen atoms in total. The van der Waals surface area contributed by atoms with Gasteiger partial charge in [-0.05, 0) is 42.5 Å². The van der Waals surface area contributed by atoms with Gasteiger partial charge in [0.05, 0.1) is 12.5 Å². The number of alkyl carbamates (subject to hydrolysis) is 1. The smallest absolute Gasteiger partial charge is 0.441 e. The molecule has 4 rings (SSSR count). The van der Waals surface area contributed by atoms with E-state index in [2.05, 4.69) is 9.73 Å². The predicted octanol–water partition coefficient (Wildman–Crippen LogP) is 3.21. The Hall–Kier alpha value is -5.19. The van der Waals surface area contributed by atoms with E-state index >= 15 is 0 Å². The summed E-state index contributed by atoms with van der Waals surface area (Å²) in [7, 11) is 0. The van der Waals surface area contributed by atoms with E-state index < -0.39 is 30.5 Å². The molecule has 0 heterocycles. The van der Waals surface area contributed by atoms with Crippen molar-refractivity contribution in [3.8, 4) is 11.5 Å². The van der Waals surface area contributed by atoms with Gasteiger partial charge < -0.3 is 19.3 Å². The molecule has 2 atom stereocenters. The van der Waals surface area contributed by atoms with E-state index in [1.54, 1.807) is 60.7 Å². The number of isocyanates is 1. The maximum Gasteiger partial charge on any atom is 0.450 e. The van der Waals surface area contributed by atoms with Gasteiger partial charge in [-0.3, -0.25) is 9.59 Å². The van der Waals surface area contributed by atoms with Crippen molar-refractivity contribution in [1.29, 1.82) is 0 Å². The lowest BCUT2D eigenvalue weighted by atomic mass is 10.3. The Kier molecular flexibility index (Phi) is 12.0. The zero-order chi connectivity index (χ0) is 27.8. The first-order valence-electron chi connectivity index (χ1n) is 10.9. The molecule has 0 aliphatic heterocycles. The highest BCUT2D eigenvalue weighted by molar-refractivity contribution is 5.94. The van der Waals surface area contributed by atoms with Gasteiger partial charge >= 0.3 is 18.3 Å². The summed E-state index contributed by atoms with van der Waals surface area (Å²) in [5.74, 6) is 0.558. The van der Waals surface area contributed by atoms with Gasteiger partial charge in [-0.15, -0.1) is 0 Å². The summed E-state index contributed by atoms with van der Waals surface area (Å²) in [6.45, 7) is 0. The number of allylic oxidation sites excluding steroid dienone is 2. The molecule has 0 saturated heterocycles. The average molecular weight is 522 g/mol. The summed E-state index contributed by atoms with van der Waals surface area (Å²) in [4.78, 5) is 66.7. The molecular weight excluding hydrogens is 500 g/mol. The molecule has 0 spiro atoms. The number of imide groups is 1. The SMILES string of the molecule is O=C1C=CC(O)C1.O=C1C=CC(OC(=O)NC(=O)Oc2ccccc2)C1.O=C=NC(=O)Oc1ccccc1. The molecule has 0 saturated carbocycles. The van der Waals surface area contributed by atoms with Gasteiger partial charge in [-0.25, -0.2) is 24.5 Å².